The van der Waals surface area contributed by atoms with E-state index in [1.54, 1.807) is 0 Å². The van der Waals surface area contributed by atoms with E-state index >= 15 is 0 Å². The number of esters is 1. The SMILES string of the molecule is C=CC(=O)OC(F)C1CCCCC1. The summed E-state index contributed by atoms with van der Waals surface area (Å²) in [6, 6.07) is 0. The van der Waals surface area contributed by atoms with Gasteiger partial charge in [0.25, 0.3) is 0 Å². The zero-order chi connectivity index (χ0) is 9.68. The third kappa shape index (κ3) is 3.17. The quantitative estimate of drug-likeness (QED) is 0.500. The van der Waals surface area contributed by atoms with E-state index in [0.29, 0.717) is 0 Å². The van der Waals surface area contributed by atoms with Gasteiger partial charge in [-0.25, -0.2) is 9.18 Å². The molecule has 0 radical (unpaired) electrons. The highest BCUT2D eigenvalue weighted by Crippen LogP contribution is 2.28. The molecule has 1 unspecified atom stereocenters. The minimum absolute atomic E-state index is 0.0994. The number of rotatable bonds is 3. The molecule has 0 saturated heterocycles. The molecule has 1 atom stereocenters. The van der Waals surface area contributed by atoms with Gasteiger partial charge in [-0.2, -0.15) is 0 Å². The molecular weight excluding hydrogens is 171 g/mol. The lowest BCUT2D eigenvalue weighted by molar-refractivity contribution is -0.158. The minimum atomic E-state index is -1.44. The molecule has 0 aliphatic heterocycles. The summed E-state index contributed by atoms with van der Waals surface area (Å²) in [5.74, 6) is -0.768. The zero-order valence-corrected chi connectivity index (χ0v) is 7.67. The Morgan fingerprint density at radius 1 is 1.46 bits per heavy atom. The van der Waals surface area contributed by atoms with Crippen molar-refractivity contribution in [2.45, 2.75) is 38.5 Å². The van der Waals surface area contributed by atoms with Gasteiger partial charge in [0, 0.05) is 12.0 Å². The van der Waals surface area contributed by atoms with Crippen molar-refractivity contribution in [2.75, 3.05) is 0 Å². The number of hydrogen-bond donors (Lipinski definition) is 0. The predicted octanol–water partition coefficient (Wildman–Crippen LogP) is 2.59. The fourth-order valence-corrected chi connectivity index (χ4v) is 1.65. The highest BCUT2D eigenvalue weighted by atomic mass is 19.1. The lowest BCUT2D eigenvalue weighted by atomic mass is 9.89. The molecule has 0 aromatic heterocycles. The molecule has 1 aliphatic carbocycles. The van der Waals surface area contributed by atoms with Crippen LogP contribution in [0.25, 0.3) is 0 Å². The fraction of sp³-hybridized carbons (Fsp3) is 0.700. The predicted molar refractivity (Wildman–Crippen MR) is 47.8 cm³/mol. The van der Waals surface area contributed by atoms with E-state index in [1.165, 1.54) is 6.42 Å². The van der Waals surface area contributed by atoms with Crippen LogP contribution in [0, 0.1) is 5.92 Å². The zero-order valence-electron chi connectivity index (χ0n) is 7.67. The summed E-state index contributed by atoms with van der Waals surface area (Å²) in [7, 11) is 0. The minimum Gasteiger partial charge on any atom is -0.428 e. The number of carbonyl (C=O) groups excluding carboxylic acids is 1. The van der Waals surface area contributed by atoms with Crippen molar-refractivity contribution in [3.05, 3.63) is 12.7 Å². The smallest absolute Gasteiger partial charge is 0.332 e. The lowest BCUT2D eigenvalue weighted by Crippen LogP contribution is -2.23. The van der Waals surface area contributed by atoms with E-state index in [4.69, 9.17) is 0 Å². The molecule has 0 aromatic carbocycles. The van der Waals surface area contributed by atoms with Crippen LogP contribution in [-0.4, -0.2) is 12.3 Å². The summed E-state index contributed by atoms with van der Waals surface area (Å²) in [4.78, 5) is 10.7. The average molecular weight is 186 g/mol. The number of alkyl halides is 1. The first-order chi connectivity index (χ1) is 6.24. The van der Waals surface area contributed by atoms with Crippen LogP contribution in [0.4, 0.5) is 4.39 Å². The first kappa shape index (κ1) is 10.2. The summed E-state index contributed by atoms with van der Waals surface area (Å²) in [5.41, 5.74) is 0. The molecule has 1 saturated carbocycles. The molecule has 0 amide bonds. The van der Waals surface area contributed by atoms with Gasteiger partial charge in [0.1, 0.15) is 0 Å². The van der Waals surface area contributed by atoms with Crippen molar-refractivity contribution in [2.24, 2.45) is 5.92 Å². The molecule has 3 heteroatoms. The molecule has 0 N–H and O–H groups in total. The Balaban J connectivity index is 2.32. The van der Waals surface area contributed by atoms with E-state index in [1.807, 2.05) is 0 Å². The molecule has 0 heterocycles. The van der Waals surface area contributed by atoms with Gasteiger partial charge in [-0.05, 0) is 12.8 Å². The molecule has 74 valence electrons. The van der Waals surface area contributed by atoms with E-state index in [2.05, 4.69) is 11.3 Å². The molecule has 0 spiro atoms. The monoisotopic (exact) mass is 186 g/mol. The van der Waals surface area contributed by atoms with Crippen molar-refractivity contribution in [1.82, 2.24) is 0 Å². The Morgan fingerprint density at radius 3 is 2.62 bits per heavy atom. The number of carbonyl (C=O) groups is 1. The van der Waals surface area contributed by atoms with Crippen molar-refractivity contribution in [3.63, 3.8) is 0 Å². The summed E-state index contributed by atoms with van der Waals surface area (Å²) in [5, 5.41) is 0. The van der Waals surface area contributed by atoms with E-state index in [0.717, 1.165) is 31.8 Å². The fourth-order valence-electron chi connectivity index (χ4n) is 1.65. The number of hydrogen-bond acceptors (Lipinski definition) is 2. The topological polar surface area (TPSA) is 26.3 Å². The second kappa shape index (κ2) is 5.00. The van der Waals surface area contributed by atoms with Crippen molar-refractivity contribution in [3.8, 4) is 0 Å². The molecule has 1 rings (SSSR count). The van der Waals surface area contributed by atoms with Gasteiger partial charge in [-0.15, -0.1) is 0 Å². The second-order valence-corrected chi connectivity index (χ2v) is 3.39. The van der Waals surface area contributed by atoms with Gasteiger partial charge < -0.3 is 4.74 Å². The Morgan fingerprint density at radius 2 is 2.08 bits per heavy atom. The van der Waals surface area contributed by atoms with E-state index in [9.17, 15) is 9.18 Å². The normalized spacial score (nSPS) is 20.7. The maximum absolute atomic E-state index is 13.2. The van der Waals surface area contributed by atoms with Crippen molar-refractivity contribution < 1.29 is 13.9 Å². The lowest BCUT2D eigenvalue weighted by Gasteiger charge is -2.23. The first-order valence-electron chi connectivity index (χ1n) is 4.71. The van der Waals surface area contributed by atoms with Crippen LogP contribution in [0.1, 0.15) is 32.1 Å². The Labute approximate surface area is 77.8 Å². The average Bonchev–Trinajstić information content (AvgIpc) is 2.19. The van der Waals surface area contributed by atoms with Crippen molar-refractivity contribution in [1.29, 1.82) is 0 Å². The molecule has 1 aliphatic rings. The number of halogens is 1. The summed E-state index contributed by atoms with van der Waals surface area (Å²) >= 11 is 0. The Bertz CT molecular complexity index is 185. The largest absolute Gasteiger partial charge is 0.428 e. The second-order valence-electron chi connectivity index (χ2n) is 3.39. The van der Waals surface area contributed by atoms with Crippen molar-refractivity contribution >= 4 is 5.97 Å². The summed E-state index contributed by atoms with van der Waals surface area (Å²) < 4.78 is 17.8. The van der Waals surface area contributed by atoms with Gasteiger partial charge in [-0.3, -0.25) is 0 Å². The highest BCUT2D eigenvalue weighted by Gasteiger charge is 2.25. The maximum Gasteiger partial charge on any atom is 0.332 e. The van der Waals surface area contributed by atoms with E-state index in [-0.39, 0.29) is 5.92 Å². The van der Waals surface area contributed by atoms with Crippen LogP contribution < -0.4 is 0 Å². The summed E-state index contributed by atoms with van der Waals surface area (Å²) in [6.07, 6.45) is 4.45. The van der Waals surface area contributed by atoms with Gasteiger partial charge >= 0.3 is 5.97 Å². The van der Waals surface area contributed by atoms with Crippen LogP contribution in [0.15, 0.2) is 12.7 Å². The molecule has 1 fully saturated rings. The van der Waals surface area contributed by atoms with Gasteiger partial charge in [0.15, 0.2) is 0 Å². The molecule has 0 aromatic rings. The maximum atomic E-state index is 13.2. The number of ether oxygens (including phenoxy) is 1. The van der Waals surface area contributed by atoms with E-state index < -0.39 is 12.3 Å². The van der Waals surface area contributed by atoms with Crippen LogP contribution in [-0.2, 0) is 9.53 Å². The molecule has 0 bridgehead atoms. The molecular formula is C10H15FO2. The third-order valence-corrected chi connectivity index (χ3v) is 2.42. The Hall–Kier alpha value is -0.860. The van der Waals surface area contributed by atoms with Crippen LogP contribution in [0.5, 0.6) is 0 Å². The van der Waals surface area contributed by atoms with Crippen LogP contribution >= 0.6 is 0 Å². The third-order valence-electron chi connectivity index (χ3n) is 2.42. The van der Waals surface area contributed by atoms with Gasteiger partial charge in [0.2, 0.25) is 6.36 Å². The van der Waals surface area contributed by atoms with Crippen LogP contribution in [0.2, 0.25) is 0 Å². The summed E-state index contributed by atoms with van der Waals surface area (Å²) in [6.45, 7) is 3.22. The van der Waals surface area contributed by atoms with Gasteiger partial charge in [-0.1, -0.05) is 25.8 Å². The molecule has 2 nitrogen and oxygen atoms in total. The van der Waals surface area contributed by atoms with Crippen LogP contribution in [0.3, 0.4) is 0 Å². The Kier molecular flexibility index (Phi) is 3.93. The standard InChI is InChI=1S/C10H15FO2/c1-2-9(12)13-10(11)8-6-4-3-5-7-8/h2,8,10H,1,3-7H2. The molecule has 13 heavy (non-hydrogen) atoms. The van der Waals surface area contributed by atoms with Gasteiger partial charge in [0.05, 0.1) is 0 Å². The first-order valence-corrected chi connectivity index (χ1v) is 4.71. The highest BCUT2D eigenvalue weighted by molar-refractivity contribution is 5.81.